The van der Waals surface area contributed by atoms with Crippen molar-refractivity contribution in [3.8, 4) is 11.3 Å². The van der Waals surface area contributed by atoms with E-state index in [1.54, 1.807) is 6.20 Å². The second kappa shape index (κ2) is 10.4. The Morgan fingerprint density at radius 2 is 1.65 bits per heavy atom. The van der Waals surface area contributed by atoms with Crippen molar-refractivity contribution < 1.29 is 29.1 Å². The van der Waals surface area contributed by atoms with Crippen molar-refractivity contribution in [3.63, 3.8) is 0 Å². The molecule has 0 bridgehead atoms. The molecule has 1 aliphatic heterocycles. The summed E-state index contributed by atoms with van der Waals surface area (Å²) >= 11 is 0. The Bertz CT molecular complexity index is 1780. The Kier molecular flexibility index (Phi) is 6.89. The quantitative estimate of drug-likeness (QED) is 0.150. The molecule has 0 saturated heterocycles. The molecule has 4 heterocycles. The van der Waals surface area contributed by atoms with E-state index < -0.39 is 0 Å². The number of para-hydroxylation sites is 2. The molecule has 0 unspecified atom stereocenters. The van der Waals surface area contributed by atoms with Crippen LogP contribution in [-0.2, 0) is 20.1 Å². The number of aryl methyl sites for hydroxylation is 1. The van der Waals surface area contributed by atoms with Crippen molar-refractivity contribution in [2.24, 2.45) is 0 Å². The Labute approximate surface area is 228 Å². The SMILES string of the molecule is C[N+]1=C=[N+](c2[c-]ccc3c2oc2ncccc23)c2ccccc21.Cc1ccc(-c2[c-]cccc2)nc1.[Ir]. The van der Waals surface area contributed by atoms with Crippen molar-refractivity contribution in [1.82, 2.24) is 14.5 Å². The van der Waals surface area contributed by atoms with Crippen LogP contribution >= 0.6 is 0 Å². The number of benzene rings is 3. The first-order valence-electron chi connectivity index (χ1n) is 11.7. The van der Waals surface area contributed by atoms with E-state index in [4.69, 9.17) is 4.42 Å². The molecule has 37 heavy (non-hydrogen) atoms. The molecule has 0 amide bonds. The third kappa shape index (κ3) is 4.66. The molecule has 6 heteroatoms. The first-order chi connectivity index (χ1) is 17.7. The van der Waals surface area contributed by atoms with Crippen molar-refractivity contribution >= 4 is 45.1 Å². The summed E-state index contributed by atoms with van der Waals surface area (Å²) in [7, 11) is 1.99. The van der Waals surface area contributed by atoms with Crippen LogP contribution in [0.2, 0.25) is 0 Å². The molecular formula is C31H22IrN4O. The summed E-state index contributed by atoms with van der Waals surface area (Å²) in [6.45, 7) is 2.03. The average molecular weight is 659 g/mol. The summed E-state index contributed by atoms with van der Waals surface area (Å²) < 4.78 is 9.96. The van der Waals surface area contributed by atoms with Crippen LogP contribution < -0.4 is 4.58 Å². The molecule has 0 saturated carbocycles. The fourth-order valence-electron chi connectivity index (χ4n) is 4.27. The van der Waals surface area contributed by atoms with Gasteiger partial charge in [0.2, 0.25) is 5.71 Å². The number of pyridine rings is 2. The smallest absolute Gasteiger partial charge is 0.494 e. The maximum atomic E-state index is 6.00. The van der Waals surface area contributed by atoms with Gasteiger partial charge in [-0.3, -0.25) is 0 Å². The fraction of sp³-hybridized carbons (Fsp3) is 0.0645. The Hall–Kier alpha value is -4.21. The number of rotatable bonds is 2. The van der Waals surface area contributed by atoms with E-state index >= 15 is 0 Å². The molecule has 1 radical (unpaired) electrons. The number of furan rings is 1. The molecule has 3 aromatic heterocycles. The third-order valence-corrected chi connectivity index (χ3v) is 6.04. The van der Waals surface area contributed by atoms with Gasteiger partial charge in [0, 0.05) is 50.0 Å². The van der Waals surface area contributed by atoms with Gasteiger partial charge in [0.25, 0.3) is 11.4 Å². The molecule has 3 aromatic carbocycles. The molecule has 7 rings (SSSR count). The van der Waals surface area contributed by atoms with Crippen molar-refractivity contribution in [2.45, 2.75) is 6.92 Å². The van der Waals surface area contributed by atoms with Gasteiger partial charge in [-0.1, -0.05) is 38.8 Å². The molecule has 1 aliphatic rings. The Balaban J connectivity index is 0.000000172. The van der Waals surface area contributed by atoms with Gasteiger partial charge in [-0.05, 0) is 30.3 Å². The molecule has 6 aromatic rings. The van der Waals surface area contributed by atoms with E-state index in [2.05, 4.69) is 46.3 Å². The van der Waals surface area contributed by atoms with Crippen molar-refractivity contribution in [3.05, 3.63) is 115 Å². The van der Waals surface area contributed by atoms with E-state index in [0.29, 0.717) is 5.71 Å². The minimum atomic E-state index is 0. The summed E-state index contributed by atoms with van der Waals surface area (Å²) in [4.78, 5) is 8.63. The van der Waals surface area contributed by atoms with E-state index in [-0.39, 0.29) is 20.1 Å². The number of nitrogens with zero attached hydrogens (tertiary/aromatic N) is 4. The van der Waals surface area contributed by atoms with Gasteiger partial charge in [-0.2, -0.15) is 12.1 Å². The first kappa shape index (κ1) is 24.5. The monoisotopic (exact) mass is 659 g/mol. The predicted octanol–water partition coefficient (Wildman–Crippen LogP) is 6.93. The van der Waals surface area contributed by atoms with Gasteiger partial charge in [0.05, 0.1) is 5.58 Å². The number of fused-ring (bicyclic) bond motifs is 4. The summed E-state index contributed by atoms with van der Waals surface area (Å²) in [5.41, 5.74) is 7.63. The van der Waals surface area contributed by atoms with Gasteiger partial charge in [0.15, 0.2) is 12.7 Å². The van der Waals surface area contributed by atoms with Gasteiger partial charge in [-0.25, -0.2) is 4.98 Å². The zero-order chi connectivity index (χ0) is 24.5. The van der Waals surface area contributed by atoms with Crippen LogP contribution in [0.25, 0.3) is 33.3 Å². The number of aromatic nitrogens is 2. The largest absolute Gasteiger partial charge is 0.495 e. The van der Waals surface area contributed by atoms with Crippen LogP contribution in [0.4, 0.5) is 17.1 Å². The molecule has 0 N–H and O–H groups in total. The molecule has 0 fully saturated rings. The second-order valence-electron chi connectivity index (χ2n) is 8.51. The topological polar surface area (TPSA) is 44.9 Å². The molecule has 0 aliphatic carbocycles. The predicted molar refractivity (Wildman–Crippen MR) is 142 cm³/mol. The normalized spacial score (nSPS) is 11.7. The van der Waals surface area contributed by atoms with Gasteiger partial charge in [0.1, 0.15) is 0 Å². The zero-order valence-corrected chi connectivity index (χ0v) is 22.7. The van der Waals surface area contributed by atoms with Crippen LogP contribution in [0.3, 0.4) is 0 Å². The van der Waals surface area contributed by atoms with Crippen LogP contribution in [-0.4, -0.2) is 27.6 Å². The summed E-state index contributed by atoms with van der Waals surface area (Å²) in [5.74, 6) is 0. The van der Waals surface area contributed by atoms with E-state index in [1.165, 1.54) is 5.56 Å². The fourth-order valence-corrected chi connectivity index (χ4v) is 4.27. The van der Waals surface area contributed by atoms with Gasteiger partial charge in [-0.15, -0.1) is 42.0 Å². The Morgan fingerprint density at radius 1 is 0.811 bits per heavy atom. The van der Waals surface area contributed by atoms with E-state index in [1.807, 2.05) is 96.0 Å². The van der Waals surface area contributed by atoms with Crippen LogP contribution in [0.1, 0.15) is 5.56 Å². The number of hydrogen-bond acceptors (Lipinski definition) is 3. The van der Waals surface area contributed by atoms with E-state index in [0.717, 1.165) is 44.7 Å². The summed E-state index contributed by atoms with van der Waals surface area (Å²) in [6.07, 6.45) is 3.61. The summed E-state index contributed by atoms with van der Waals surface area (Å²) in [6, 6.07) is 37.8. The molecule has 5 nitrogen and oxygen atoms in total. The van der Waals surface area contributed by atoms with Gasteiger partial charge >= 0.3 is 6.01 Å². The molecule has 181 valence electrons. The van der Waals surface area contributed by atoms with Crippen molar-refractivity contribution in [2.75, 3.05) is 7.05 Å². The molecule has 0 atom stereocenters. The maximum absolute atomic E-state index is 6.00. The standard InChI is InChI=1S/C19H12N3O.C12H10N.Ir/c1-21-12-22(16-9-3-2-8-15(16)21)17-10-4-6-13-14-7-5-11-20-19(14)23-18(13)17;1-10-7-8-12(13-9-10)11-5-3-2-4-6-11;/h2-9,11H,1H3;2-5,7-9H,1H3;/q+1;-1;. The minimum absolute atomic E-state index is 0. The van der Waals surface area contributed by atoms with Crippen LogP contribution in [0.5, 0.6) is 0 Å². The third-order valence-electron chi connectivity index (χ3n) is 6.04. The molecular weight excluding hydrogens is 637 g/mol. The first-order valence-corrected chi connectivity index (χ1v) is 11.7. The van der Waals surface area contributed by atoms with E-state index in [9.17, 15) is 0 Å². The van der Waals surface area contributed by atoms with Crippen LogP contribution in [0, 0.1) is 19.1 Å². The average Bonchev–Trinajstić information content (AvgIpc) is 3.48. The summed E-state index contributed by atoms with van der Waals surface area (Å²) in [5, 5.41) is 2.05. The molecule has 0 spiro atoms. The number of hydrogen-bond donors (Lipinski definition) is 0. The van der Waals surface area contributed by atoms with Crippen LogP contribution in [0.15, 0.2) is 102 Å². The minimum Gasteiger partial charge on any atom is -0.495 e. The second-order valence-corrected chi connectivity index (χ2v) is 8.51. The zero-order valence-electron chi connectivity index (χ0n) is 20.3. The maximum Gasteiger partial charge on any atom is 0.494 e. The van der Waals surface area contributed by atoms with Gasteiger partial charge < -0.3 is 9.40 Å². The van der Waals surface area contributed by atoms with Crippen molar-refractivity contribution in [1.29, 1.82) is 0 Å². The Morgan fingerprint density at radius 3 is 2.43 bits per heavy atom.